The van der Waals surface area contributed by atoms with Gasteiger partial charge in [0.1, 0.15) is 13.1 Å². The van der Waals surface area contributed by atoms with E-state index in [-0.39, 0.29) is 30.8 Å². The molecular weight excluding hydrogens is 197 g/mol. The molecule has 15 heavy (non-hydrogen) atoms. The van der Waals surface area contributed by atoms with E-state index in [2.05, 4.69) is 0 Å². The van der Waals surface area contributed by atoms with Crippen molar-refractivity contribution in [3.05, 3.63) is 0 Å². The highest BCUT2D eigenvalue weighted by Crippen LogP contribution is 2.42. The van der Waals surface area contributed by atoms with Crippen molar-refractivity contribution in [3.8, 4) is 0 Å². The highest BCUT2D eigenvalue weighted by molar-refractivity contribution is 6.67. The van der Waals surface area contributed by atoms with Crippen LogP contribution in [0.25, 0.3) is 0 Å². The second-order valence-corrected chi connectivity index (χ2v) is 4.89. The summed E-state index contributed by atoms with van der Waals surface area (Å²) in [6, 6.07) is 0. The van der Waals surface area contributed by atoms with Crippen LogP contribution >= 0.6 is 0 Å². The largest absolute Gasteiger partial charge is 0.600 e. The molecule has 0 amide bonds. The molecule has 0 aliphatic carbocycles. The molecule has 84 valence electrons. The predicted molar refractivity (Wildman–Crippen MR) is 53.6 cm³/mol. The minimum Gasteiger partial charge on any atom is -0.600 e. The number of nitrogens with zero attached hydrogens (tertiary/aromatic N) is 1. The molecule has 2 aliphatic heterocycles. The first-order valence-electron chi connectivity index (χ1n) is 5.36. The van der Waals surface area contributed by atoms with Crippen molar-refractivity contribution in [2.45, 2.75) is 26.1 Å². The number of hydrogen-bond donors (Lipinski definition) is 0. The standard InChI is InChI=1S/C9H16BNO4/c1-4-7(2)10-11(3,5-8(12)14-10)6-9(13)15-10/h7H,4-6H2,1-3H3. The van der Waals surface area contributed by atoms with Gasteiger partial charge in [-0.25, -0.2) is 0 Å². The molecule has 1 unspecified atom stereocenters. The van der Waals surface area contributed by atoms with E-state index in [9.17, 15) is 9.59 Å². The lowest BCUT2D eigenvalue weighted by atomic mass is 9.55. The maximum absolute atomic E-state index is 11.4. The van der Waals surface area contributed by atoms with Gasteiger partial charge in [-0.3, -0.25) is 9.59 Å². The van der Waals surface area contributed by atoms with Gasteiger partial charge in [-0.15, -0.1) is 0 Å². The van der Waals surface area contributed by atoms with E-state index in [1.165, 1.54) is 0 Å². The summed E-state index contributed by atoms with van der Waals surface area (Å²) in [5.41, 5.74) is 0. The van der Waals surface area contributed by atoms with E-state index in [1.54, 1.807) is 0 Å². The molecule has 0 aromatic heterocycles. The van der Waals surface area contributed by atoms with Crippen molar-refractivity contribution < 1.29 is 23.3 Å². The molecule has 0 radical (unpaired) electrons. The lowest BCUT2D eigenvalue weighted by Crippen LogP contribution is -2.62. The molecule has 2 aliphatic rings. The average Bonchev–Trinajstić information content (AvgIpc) is 2.48. The summed E-state index contributed by atoms with van der Waals surface area (Å²) >= 11 is 0. The van der Waals surface area contributed by atoms with Crippen LogP contribution in [0.2, 0.25) is 5.82 Å². The Morgan fingerprint density at radius 2 is 1.80 bits per heavy atom. The Morgan fingerprint density at radius 3 is 2.20 bits per heavy atom. The Labute approximate surface area is 88.9 Å². The van der Waals surface area contributed by atoms with Gasteiger partial charge in [-0.1, -0.05) is 20.3 Å². The zero-order valence-corrected chi connectivity index (χ0v) is 9.36. The highest BCUT2D eigenvalue weighted by atomic mass is 16.7. The molecule has 5 nitrogen and oxygen atoms in total. The second kappa shape index (κ2) is 2.98. The monoisotopic (exact) mass is 213 g/mol. The van der Waals surface area contributed by atoms with Crippen LogP contribution < -0.4 is 0 Å². The summed E-state index contributed by atoms with van der Waals surface area (Å²) in [6.07, 6.45) is 0.828. The van der Waals surface area contributed by atoms with Crippen molar-refractivity contribution in [3.63, 3.8) is 0 Å². The Balaban J connectivity index is 2.41. The lowest BCUT2D eigenvalue weighted by molar-refractivity contribution is -0.794. The van der Waals surface area contributed by atoms with Crippen LogP contribution in [0.3, 0.4) is 0 Å². The summed E-state index contributed by atoms with van der Waals surface area (Å²) in [4.78, 5) is 22.8. The molecule has 1 atom stereocenters. The summed E-state index contributed by atoms with van der Waals surface area (Å²) in [5.74, 6) is -0.441. The molecule has 0 aromatic carbocycles. The number of hydrogen-bond acceptors (Lipinski definition) is 4. The average molecular weight is 213 g/mol. The minimum absolute atomic E-state index is 0.0768. The number of rotatable bonds is 2. The van der Waals surface area contributed by atoms with Crippen molar-refractivity contribution in [1.82, 2.24) is 0 Å². The van der Waals surface area contributed by atoms with E-state index in [4.69, 9.17) is 9.31 Å². The molecule has 0 spiro atoms. The van der Waals surface area contributed by atoms with E-state index in [0.717, 1.165) is 6.42 Å². The van der Waals surface area contributed by atoms with Crippen LogP contribution in [0.15, 0.2) is 0 Å². The van der Waals surface area contributed by atoms with Crippen LogP contribution in [0.1, 0.15) is 20.3 Å². The van der Waals surface area contributed by atoms with Gasteiger partial charge in [-0.05, 0) is 5.82 Å². The molecule has 2 saturated heterocycles. The van der Waals surface area contributed by atoms with Gasteiger partial charge in [0.25, 0.3) is 0 Å². The van der Waals surface area contributed by atoms with Crippen LogP contribution in [0.4, 0.5) is 0 Å². The van der Waals surface area contributed by atoms with Gasteiger partial charge in [0.05, 0.1) is 0 Å². The summed E-state index contributed by atoms with van der Waals surface area (Å²) in [7, 11) is 1.86. The van der Waals surface area contributed by atoms with Crippen molar-refractivity contribution in [2.24, 2.45) is 0 Å². The zero-order chi connectivity index (χ0) is 11.3. The number of quaternary nitrogens is 1. The fourth-order valence-corrected chi connectivity index (χ4v) is 2.77. The molecule has 0 saturated carbocycles. The van der Waals surface area contributed by atoms with Crippen LogP contribution in [-0.2, 0) is 18.9 Å². The topological polar surface area (TPSA) is 52.6 Å². The van der Waals surface area contributed by atoms with Gasteiger partial charge in [0, 0.05) is 7.05 Å². The smallest absolute Gasteiger partial charge is 0.586 e. The zero-order valence-electron chi connectivity index (χ0n) is 9.36. The van der Waals surface area contributed by atoms with Crippen molar-refractivity contribution >= 4 is 18.6 Å². The van der Waals surface area contributed by atoms with Crippen LogP contribution in [0.5, 0.6) is 0 Å². The van der Waals surface area contributed by atoms with Gasteiger partial charge in [0.2, 0.25) is 0 Å². The molecule has 2 fully saturated rings. The first kappa shape index (κ1) is 10.5. The summed E-state index contributed by atoms with van der Waals surface area (Å²) < 4.78 is 11.0. The number of carbonyl (C=O) groups excluding carboxylic acids is 2. The third kappa shape index (κ3) is 1.21. The molecule has 0 bridgehead atoms. The third-order valence-electron chi connectivity index (χ3n) is 3.81. The Bertz CT molecular complexity index is 310. The third-order valence-corrected chi connectivity index (χ3v) is 3.81. The quantitative estimate of drug-likeness (QED) is 0.618. The molecule has 0 N–H and O–H groups in total. The molecular formula is C9H16BNO4. The van der Waals surface area contributed by atoms with E-state index < -0.39 is 6.69 Å². The number of carbonyl (C=O) groups is 2. The first-order chi connectivity index (χ1) is 6.93. The van der Waals surface area contributed by atoms with Crippen LogP contribution in [-0.4, -0.2) is 43.2 Å². The van der Waals surface area contributed by atoms with Gasteiger partial charge >= 0.3 is 18.6 Å². The van der Waals surface area contributed by atoms with E-state index in [1.807, 2.05) is 20.9 Å². The predicted octanol–water partition coefficient (Wildman–Crippen LogP) is 0.286. The second-order valence-electron chi connectivity index (χ2n) is 4.89. The van der Waals surface area contributed by atoms with Gasteiger partial charge < -0.3 is 13.7 Å². The Morgan fingerprint density at radius 1 is 1.33 bits per heavy atom. The molecule has 6 heteroatoms. The minimum atomic E-state index is -1.81. The molecule has 0 aromatic rings. The number of fused-ring (bicyclic) bond motifs is 1. The SMILES string of the molecule is CCC(C)[B-]12OC(=O)C[N+]1(C)CC(=O)O2. The van der Waals surface area contributed by atoms with Crippen molar-refractivity contribution in [1.29, 1.82) is 0 Å². The fourth-order valence-electron chi connectivity index (χ4n) is 2.77. The van der Waals surface area contributed by atoms with Gasteiger partial charge in [0.15, 0.2) is 0 Å². The Kier molecular flexibility index (Phi) is 2.08. The normalized spacial score (nSPS) is 41.0. The van der Waals surface area contributed by atoms with E-state index >= 15 is 0 Å². The van der Waals surface area contributed by atoms with E-state index in [0.29, 0.717) is 4.39 Å². The Hall–Kier alpha value is -1.04. The molecule has 2 heterocycles. The highest BCUT2D eigenvalue weighted by Gasteiger charge is 2.67. The summed E-state index contributed by atoms with van der Waals surface area (Å²) in [6.45, 7) is 2.65. The van der Waals surface area contributed by atoms with Crippen LogP contribution in [0, 0.1) is 0 Å². The summed E-state index contributed by atoms with van der Waals surface area (Å²) in [5, 5.41) is 0. The maximum atomic E-state index is 11.4. The maximum Gasteiger partial charge on any atom is 0.586 e. The number of likely N-dealkylation sites (N-methyl/N-ethyl adjacent to an activating group) is 1. The lowest BCUT2D eigenvalue weighted by Gasteiger charge is -2.43. The van der Waals surface area contributed by atoms with Crippen molar-refractivity contribution in [2.75, 3.05) is 20.1 Å². The van der Waals surface area contributed by atoms with Gasteiger partial charge in [-0.2, -0.15) is 0 Å². The molecule has 2 rings (SSSR count). The first-order valence-corrected chi connectivity index (χ1v) is 5.36. The fraction of sp³-hybridized carbons (Fsp3) is 0.778.